The molecule has 1 fully saturated rings. The third-order valence-electron chi connectivity index (χ3n) is 2.96. The molecular formula is C10H18N2O. The zero-order valence-electron chi connectivity index (χ0n) is 8.67. The lowest BCUT2D eigenvalue weighted by molar-refractivity contribution is 0.000383. The summed E-state index contributed by atoms with van der Waals surface area (Å²) in [6.07, 6.45) is 2.93. The summed E-state index contributed by atoms with van der Waals surface area (Å²) < 4.78 is 0. The molecule has 1 saturated heterocycles. The number of aliphatic imine (C=N–C) groups is 1. The van der Waals surface area contributed by atoms with E-state index in [-0.39, 0.29) is 5.54 Å². The zero-order chi connectivity index (χ0) is 9.69. The molecule has 3 heteroatoms. The van der Waals surface area contributed by atoms with Gasteiger partial charge in [0.25, 0.3) is 0 Å². The second-order valence-corrected chi connectivity index (χ2v) is 4.99. The fourth-order valence-electron chi connectivity index (χ4n) is 2.66. The van der Waals surface area contributed by atoms with E-state index < -0.39 is 5.72 Å². The zero-order valence-corrected chi connectivity index (χ0v) is 8.67. The van der Waals surface area contributed by atoms with Crippen LogP contribution in [-0.4, -0.2) is 33.7 Å². The van der Waals surface area contributed by atoms with Crippen molar-refractivity contribution in [3.8, 4) is 0 Å². The number of aliphatic hydroxyl groups is 1. The van der Waals surface area contributed by atoms with Crippen LogP contribution >= 0.6 is 0 Å². The monoisotopic (exact) mass is 182 g/mol. The van der Waals surface area contributed by atoms with Crippen LogP contribution < -0.4 is 0 Å². The summed E-state index contributed by atoms with van der Waals surface area (Å²) in [6.45, 7) is 7.27. The van der Waals surface area contributed by atoms with Gasteiger partial charge in [0.1, 0.15) is 5.84 Å². The molecule has 0 amide bonds. The third kappa shape index (κ3) is 1.46. The standard InChI is InChI=1S/C10H18N2O/c1-9(2)7-10(3,13)11-8-5-4-6-12(8)9/h13H,4-7H2,1-3H3. The van der Waals surface area contributed by atoms with Crippen LogP contribution in [0.4, 0.5) is 0 Å². The maximum atomic E-state index is 9.94. The smallest absolute Gasteiger partial charge is 0.157 e. The van der Waals surface area contributed by atoms with Gasteiger partial charge in [-0.3, -0.25) is 0 Å². The summed E-state index contributed by atoms with van der Waals surface area (Å²) in [5.41, 5.74) is -0.781. The molecule has 2 rings (SSSR count). The molecule has 2 heterocycles. The number of amidine groups is 1. The molecule has 0 aromatic carbocycles. The number of fused-ring (bicyclic) bond motifs is 1. The van der Waals surface area contributed by atoms with Crippen molar-refractivity contribution in [2.24, 2.45) is 4.99 Å². The molecule has 0 saturated carbocycles. The van der Waals surface area contributed by atoms with Crippen molar-refractivity contribution in [3.05, 3.63) is 0 Å². The molecule has 1 unspecified atom stereocenters. The van der Waals surface area contributed by atoms with E-state index in [9.17, 15) is 5.11 Å². The van der Waals surface area contributed by atoms with Gasteiger partial charge in [-0.25, -0.2) is 4.99 Å². The van der Waals surface area contributed by atoms with Crippen molar-refractivity contribution in [1.29, 1.82) is 0 Å². The van der Waals surface area contributed by atoms with E-state index in [0.29, 0.717) is 0 Å². The summed E-state index contributed by atoms with van der Waals surface area (Å²) in [5.74, 6) is 1.10. The van der Waals surface area contributed by atoms with Gasteiger partial charge in [-0.1, -0.05) is 0 Å². The molecule has 74 valence electrons. The SMILES string of the molecule is CC1(O)CC(C)(C)N2CCCC2=N1. The van der Waals surface area contributed by atoms with E-state index >= 15 is 0 Å². The molecule has 0 aliphatic carbocycles. The highest BCUT2D eigenvalue weighted by molar-refractivity contribution is 5.85. The first-order valence-corrected chi connectivity index (χ1v) is 4.99. The van der Waals surface area contributed by atoms with Crippen molar-refractivity contribution in [2.45, 2.75) is 51.3 Å². The van der Waals surface area contributed by atoms with E-state index in [1.54, 1.807) is 6.92 Å². The molecule has 3 nitrogen and oxygen atoms in total. The topological polar surface area (TPSA) is 35.8 Å². The summed E-state index contributed by atoms with van der Waals surface area (Å²) >= 11 is 0. The Morgan fingerprint density at radius 3 is 2.77 bits per heavy atom. The molecule has 0 radical (unpaired) electrons. The van der Waals surface area contributed by atoms with Crippen LogP contribution in [-0.2, 0) is 0 Å². The molecule has 1 atom stereocenters. The highest BCUT2D eigenvalue weighted by Gasteiger charge is 2.42. The van der Waals surface area contributed by atoms with Crippen LogP contribution in [0.1, 0.15) is 40.0 Å². The predicted molar refractivity (Wildman–Crippen MR) is 52.7 cm³/mol. The molecule has 2 aliphatic rings. The Kier molecular flexibility index (Phi) is 1.71. The molecule has 2 aliphatic heterocycles. The average Bonchev–Trinajstić information content (AvgIpc) is 2.29. The average molecular weight is 182 g/mol. The Balaban J connectivity index is 2.36. The van der Waals surface area contributed by atoms with Crippen LogP contribution in [0.3, 0.4) is 0 Å². The molecule has 1 N–H and O–H groups in total. The first kappa shape index (κ1) is 9.00. The van der Waals surface area contributed by atoms with Crippen LogP contribution in [0, 0.1) is 0 Å². The summed E-state index contributed by atoms with van der Waals surface area (Å²) in [7, 11) is 0. The number of hydrogen-bond donors (Lipinski definition) is 1. The minimum absolute atomic E-state index is 0.0666. The van der Waals surface area contributed by atoms with E-state index in [2.05, 4.69) is 23.7 Å². The van der Waals surface area contributed by atoms with Crippen LogP contribution in [0.15, 0.2) is 4.99 Å². The first-order valence-electron chi connectivity index (χ1n) is 4.99. The van der Waals surface area contributed by atoms with Gasteiger partial charge in [0.05, 0.1) is 0 Å². The van der Waals surface area contributed by atoms with Gasteiger partial charge in [-0.2, -0.15) is 0 Å². The van der Waals surface area contributed by atoms with E-state index in [0.717, 1.165) is 25.2 Å². The lowest BCUT2D eigenvalue weighted by atomic mass is 9.90. The predicted octanol–water partition coefficient (Wildman–Crippen LogP) is 1.37. The first-order chi connectivity index (χ1) is 5.91. The van der Waals surface area contributed by atoms with Crippen molar-refractivity contribution in [1.82, 2.24) is 4.90 Å². The van der Waals surface area contributed by atoms with Gasteiger partial charge < -0.3 is 10.0 Å². The Hall–Kier alpha value is -0.570. The fourth-order valence-corrected chi connectivity index (χ4v) is 2.66. The van der Waals surface area contributed by atoms with E-state index in [1.807, 2.05) is 0 Å². The minimum Gasteiger partial charge on any atom is -0.369 e. The number of rotatable bonds is 0. The molecule has 0 aromatic heterocycles. The third-order valence-corrected chi connectivity index (χ3v) is 2.96. The Morgan fingerprint density at radius 2 is 2.08 bits per heavy atom. The number of hydrogen-bond acceptors (Lipinski definition) is 3. The second kappa shape index (κ2) is 2.47. The van der Waals surface area contributed by atoms with Crippen molar-refractivity contribution in [3.63, 3.8) is 0 Å². The summed E-state index contributed by atoms with van der Waals surface area (Å²) in [4.78, 5) is 6.71. The molecule has 0 bridgehead atoms. The normalized spacial score (nSPS) is 37.2. The number of nitrogens with zero attached hydrogens (tertiary/aromatic N) is 2. The van der Waals surface area contributed by atoms with Crippen LogP contribution in [0.2, 0.25) is 0 Å². The van der Waals surface area contributed by atoms with Crippen molar-refractivity contribution < 1.29 is 5.11 Å². The molecule has 0 aromatic rings. The molecule has 13 heavy (non-hydrogen) atoms. The lowest BCUT2D eigenvalue weighted by Gasteiger charge is -2.45. The van der Waals surface area contributed by atoms with E-state index in [4.69, 9.17) is 0 Å². The van der Waals surface area contributed by atoms with Gasteiger partial charge in [0, 0.05) is 24.9 Å². The van der Waals surface area contributed by atoms with Gasteiger partial charge in [-0.15, -0.1) is 0 Å². The highest BCUT2D eigenvalue weighted by Crippen LogP contribution is 2.36. The maximum absolute atomic E-state index is 9.94. The Bertz CT molecular complexity index is 256. The van der Waals surface area contributed by atoms with Gasteiger partial charge >= 0.3 is 0 Å². The lowest BCUT2D eigenvalue weighted by Crippen LogP contribution is -2.53. The Labute approximate surface area is 79.5 Å². The highest BCUT2D eigenvalue weighted by atomic mass is 16.3. The van der Waals surface area contributed by atoms with Crippen LogP contribution in [0.25, 0.3) is 0 Å². The molecule has 0 spiro atoms. The maximum Gasteiger partial charge on any atom is 0.157 e. The quantitative estimate of drug-likeness (QED) is 0.614. The van der Waals surface area contributed by atoms with E-state index in [1.165, 1.54) is 6.42 Å². The van der Waals surface area contributed by atoms with Gasteiger partial charge in [0.2, 0.25) is 0 Å². The summed E-state index contributed by atoms with van der Waals surface area (Å²) in [5, 5.41) is 9.94. The fraction of sp³-hybridized carbons (Fsp3) is 0.900. The largest absolute Gasteiger partial charge is 0.369 e. The van der Waals surface area contributed by atoms with Crippen molar-refractivity contribution >= 4 is 5.84 Å². The Morgan fingerprint density at radius 1 is 1.38 bits per heavy atom. The minimum atomic E-state index is -0.848. The molecular weight excluding hydrogens is 164 g/mol. The van der Waals surface area contributed by atoms with Gasteiger partial charge in [-0.05, 0) is 27.2 Å². The second-order valence-electron chi connectivity index (χ2n) is 4.99. The van der Waals surface area contributed by atoms with Gasteiger partial charge in [0.15, 0.2) is 5.72 Å². The van der Waals surface area contributed by atoms with Crippen molar-refractivity contribution in [2.75, 3.05) is 6.54 Å². The summed E-state index contributed by atoms with van der Waals surface area (Å²) in [6, 6.07) is 0. The van der Waals surface area contributed by atoms with Crippen LogP contribution in [0.5, 0.6) is 0 Å².